The third-order valence-electron chi connectivity index (χ3n) is 2.08. The van der Waals surface area contributed by atoms with Crippen LogP contribution in [0.15, 0.2) is 5.38 Å². The van der Waals surface area contributed by atoms with Gasteiger partial charge >= 0.3 is 0 Å². The van der Waals surface area contributed by atoms with Crippen molar-refractivity contribution in [1.82, 2.24) is 4.98 Å². The summed E-state index contributed by atoms with van der Waals surface area (Å²) in [7, 11) is 0. The van der Waals surface area contributed by atoms with Gasteiger partial charge in [-0.2, -0.15) is 0 Å². The van der Waals surface area contributed by atoms with E-state index >= 15 is 0 Å². The second-order valence-corrected chi connectivity index (χ2v) is 5.43. The zero-order valence-corrected chi connectivity index (χ0v) is 10.6. The maximum atomic E-state index is 8.97. The highest BCUT2D eigenvalue weighted by Crippen LogP contribution is 2.37. The van der Waals surface area contributed by atoms with Crippen molar-refractivity contribution in [3.63, 3.8) is 0 Å². The Kier molecular flexibility index (Phi) is 4.25. The van der Waals surface area contributed by atoms with Crippen LogP contribution in [0.2, 0.25) is 0 Å². The Labute approximate surface area is 95.1 Å². The van der Waals surface area contributed by atoms with Gasteiger partial charge in [0.15, 0.2) is 0 Å². The first kappa shape index (κ1) is 12.6. The Hall–Kier alpha value is -0.450. The number of thiazole rings is 1. The van der Waals surface area contributed by atoms with Crippen molar-refractivity contribution in [3.8, 4) is 0 Å². The van der Waals surface area contributed by atoms with Gasteiger partial charge in [-0.05, 0) is 12.3 Å². The first-order chi connectivity index (χ1) is 6.99. The molecule has 3 nitrogen and oxygen atoms in total. The monoisotopic (exact) mass is 229 g/mol. The molecule has 0 amide bonds. The fourth-order valence-corrected chi connectivity index (χ4v) is 2.47. The van der Waals surface area contributed by atoms with Crippen molar-refractivity contribution < 1.29 is 9.84 Å². The third kappa shape index (κ3) is 3.26. The van der Waals surface area contributed by atoms with E-state index in [1.807, 2.05) is 12.3 Å². The van der Waals surface area contributed by atoms with Crippen LogP contribution in [0.3, 0.4) is 0 Å². The molecular weight excluding hydrogens is 210 g/mol. The number of hydrogen-bond acceptors (Lipinski definition) is 4. The van der Waals surface area contributed by atoms with Crippen LogP contribution in [-0.2, 0) is 11.3 Å². The standard InChI is InChI=1S/C11H19NO2S/c1-5-14-9(11(2,3)4)10-12-8(6-13)7-15-10/h7,9,13H,5-6H2,1-4H3. The lowest BCUT2D eigenvalue weighted by atomic mass is 9.89. The number of ether oxygens (including phenoxy) is 1. The van der Waals surface area contributed by atoms with E-state index in [0.717, 1.165) is 10.7 Å². The highest BCUT2D eigenvalue weighted by Gasteiger charge is 2.29. The first-order valence-electron chi connectivity index (χ1n) is 5.15. The highest BCUT2D eigenvalue weighted by molar-refractivity contribution is 7.09. The Morgan fingerprint density at radius 3 is 2.60 bits per heavy atom. The van der Waals surface area contributed by atoms with Gasteiger partial charge in [0.25, 0.3) is 0 Å². The molecule has 0 spiro atoms. The van der Waals surface area contributed by atoms with E-state index in [1.165, 1.54) is 0 Å². The average Bonchev–Trinajstić information content (AvgIpc) is 2.60. The number of rotatable bonds is 4. The molecule has 0 aliphatic carbocycles. The zero-order chi connectivity index (χ0) is 11.5. The van der Waals surface area contributed by atoms with Crippen molar-refractivity contribution in [1.29, 1.82) is 0 Å². The van der Waals surface area contributed by atoms with Crippen molar-refractivity contribution in [3.05, 3.63) is 16.1 Å². The molecule has 0 saturated carbocycles. The zero-order valence-electron chi connectivity index (χ0n) is 9.78. The fourth-order valence-electron chi connectivity index (χ4n) is 1.37. The molecule has 0 saturated heterocycles. The lowest BCUT2D eigenvalue weighted by molar-refractivity contribution is -0.0135. The van der Waals surface area contributed by atoms with Crippen LogP contribution in [0.4, 0.5) is 0 Å². The first-order valence-corrected chi connectivity index (χ1v) is 6.03. The predicted octanol–water partition coefficient (Wildman–Crippen LogP) is 2.76. The molecule has 4 heteroatoms. The van der Waals surface area contributed by atoms with Crippen molar-refractivity contribution in [2.45, 2.75) is 40.4 Å². The molecular formula is C11H19NO2S. The molecule has 15 heavy (non-hydrogen) atoms. The summed E-state index contributed by atoms with van der Waals surface area (Å²) in [5.41, 5.74) is 0.754. The maximum Gasteiger partial charge on any atom is 0.122 e. The van der Waals surface area contributed by atoms with Crippen molar-refractivity contribution in [2.75, 3.05) is 6.61 Å². The molecule has 1 rings (SSSR count). The lowest BCUT2D eigenvalue weighted by Gasteiger charge is -2.28. The summed E-state index contributed by atoms with van der Waals surface area (Å²) in [6.07, 6.45) is 0.00722. The van der Waals surface area contributed by atoms with Gasteiger partial charge in [0.05, 0.1) is 12.3 Å². The SMILES string of the molecule is CCOC(c1nc(CO)cs1)C(C)(C)C. The van der Waals surface area contributed by atoms with E-state index in [9.17, 15) is 0 Å². The van der Waals surface area contributed by atoms with Crippen LogP contribution < -0.4 is 0 Å². The summed E-state index contributed by atoms with van der Waals surface area (Å²) in [6.45, 7) is 9.06. The smallest absolute Gasteiger partial charge is 0.122 e. The average molecular weight is 229 g/mol. The molecule has 0 fully saturated rings. The summed E-state index contributed by atoms with van der Waals surface area (Å²) in [6, 6.07) is 0. The second-order valence-electron chi connectivity index (χ2n) is 4.54. The molecule has 0 aliphatic heterocycles. The molecule has 1 atom stereocenters. The number of aromatic nitrogens is 1. The van der Waals surface area contributed by atoms with Crippen LogP contribution in [0.25, 0.3) is 0 Å². The minimum absolute atomic E-state index is 0.000508. The largest absolute Gasteiger partial charge is 0.390 e. The highest BCUT2D eigenvalue weighted by atomic mass is 32.1. The molecule has 1 aromatic rings. The topological polar surface area (TPSA) is 42.4 Å². The van der Waals surface area contributed by atoms with E-state index in [4.69, 9.17) is 9.84 Å². The normalized spacial score (nSPS) is 14.2. The molecule has 0 aliphatic rings. The van der Waals surface area contributed by atoms with Gasteiger partial charge in [0.1, 0.15) is 11.1 Å². The molecule has 0 radical (unpaired) electrons. The van der Waals surface area contributed by atoms with Crippen LogP contribution in [0.5, 0.6) is 0 Å². The Bertz CT molecular complexity index is 304. The van der Waals surface area contributed by atoms with E-state index in [2.05, 4.69) is 25.8 Å². The quantitative estimate of drug-likeness (QED) is 0.863. The molecule has 1 unspecified atom stereocenters. The van der Waals surface area contributed by atoms with Gasteiger partial charge in [-0.3, -0.25) is 0 Å². The Morgan fingerprint density at radius 2 is 2.20 bits per heavy atom. The number of nitrogens with zero attached hydrogens (tertiary/aromatic N) is 1. The number of aliphatic hydroxyl groups excluding tert-OH is 1. The Morgan fingerprint density at radius 1 is 1.53 bits per heavy atom. The molecule has 1 N–H and O–H groups in total. The summed E-state index contributed by atoms with van der Waals surface area (Å²) < 4.78 is 5.72. The third-order valence-corrected chi connectivity index (χ3v) is 3.01. The van der Waals surface area contributed by atoms with Gasteiger partial charge < -0.3 is 9.84 Å². The van der Waals surface area contributed by atoms with Crippen molar-refractivity contribution in [2.24, 2.45) is 5.41 Å². The number of aliphatic hydroxyl groups is 1. The molecule has 0 bridgehead atoms. The fraction of sp³-hybridized carbons (Fsp3) is 0.727. The van der Waals surface area contributed by atoms with E-state index < -0.39 is 0 Å². The van der Waals surface area contributed by atoms with Crippen LogP contribution >= 0.6 is 11.3 Å². The minimum Gasteiger partial charge on any atom is -0.390 e. The summed E-state index contributed by atoms with van der Waals surface area (Å²) in [5, 5.41) is 11.8. The summed E-state index contributed by atoms with van der Waals surface area (Å²) >= 11 is 1.55. The van der Waals surface area contributed by atoms with Crippen LogP contribution in [-0.4, -0.2) is 16.7 Å². The molecule has 0 aromatic carbocycles. The molecule has 86 valence electrons. The lowest BCUT2D eigenvalue weighted by Crippen LogP contribution is -2.21. The Balaban J connectivity index is 2.88. The maximum absolute atomic E-state index is 8.97. The van der Waals surface area contributed by atoms with E-state index in [1.54, 1.807) is 11.3 Å². The predicted molar refractivity (Wildman–Crippen MR) is 61.9 cm³/mol. The second kappa shape index (κ2) is 5.05. The summed E-state index contributed by atoms with van der Waals surface area (Å²) in [4.78, 5) is 4.36. The van der Waals surface area contributed by atoms with Gasteiger partial charge in [0.2, 0.25) is 0 Å². The molecule has 1 aromatic heterocycles. The van der Waals surface area contributed by atoms with Gasteiger partial charge in [-0.25, -0.2) is 4.98 Å². The minimum atomic E-state index is -0.000508. The molecule has 1 heterocycles. The number of hydrogen-bond donors (Lipinski definition) is 1. The van der Waals surface area contributed by atoms with Crippen molar-refractivity contribution >= 4 is 11.3 Å². The van der Waals surface area contributed by atoms with Crippen LogP contribution in [0.1, 0.15) is 44.5 Å². The van der Waals surface area contributed by atoms with E-state index in [-0.39, 0.29) is 18.1 Å². The van der Waals surface area contributed by atoms with Gasteiger partial charge in [-0.15, -0.1) is 11.3 Å². The van der Waals surface area contributed by atoms with E-state index in [0.29, 0.717) is 6.61 Å². The van der Waals surface area contributed by atoms with Crippen LogP contribution in [0, 0.1) is 5.41 Å². The summed E-state index contributed by atoms with van der Waals surface area (Å²) in [5.74, 6) is 0. The van der Waals surface area contributed by atoms with Gasteiger partial charge in [-0.1, -0.05) is 20.8 Å². The van der Waals surface area contributed by atoms with Gasteiger partial charge in [0, 0.05) is 12.0 Å².